The Bertz CT molecular complexity index is 1220. The van der Waals surface area contributed by atoms with Gasteiger partial charge in [-0.15, -0.1) is 10.2 Å². The van der Waals surface area contributed by atoms with Crippen LogP contribution in [-0.2, 0) is 11.4 Å². The molecule has 206 valence electrons. The van der Waals surface area contributed by atoms with Crippen molar-refractivity contribution < 1.29 is 27.9 Å². The summed E-state index contributed by atoms with van der Waals surface area (Å²) in [7, 11) is 0. The van der Waals surface area contributed by atoms with Crippen molar-refractivity contribution in [2.45, 2.75) is 72.6 Å². The molecule has 3 aromatic rings. The van der Waals surface area contributed by atoms with Crippen molar-refractivity contribution in [3.63, 3.8) is 0 Å². The van der Waals surface area contributed by atoms with E-state index in [0.717, 1.165) is 6.07 Å². The number of aromatic nitrogens is 2. The fourth-order valence-electron chi connectivity index (χ4n) is 3.22. The molecular formula is C27H32Cl2FN3O5. The van der Waals surface area contributed by atoms with Crippen molar-refractivity contribution in [1.82, 2.24) is 15.5 Å². The molecule has 1 N–H and O–H groups in total. The van der Waals surface area contributed by atoms with E-state index in [4.69, 9.17) is 37.1 Å². The Morgan fingerprint density at radius 2 is 1.87 bits per heavy atom. The van der Waals surface area contributed by atoms with Crippen LogP contribution in [0.25, 0.3) is 0 Å². The van der Waals surface area contributed by atoms with Crippen LogP contribution in [0.4, 0.5) is 4.39 Å². The fourth-order valence-corrected chi connectivity index (χ4v) is 3.51. The lowest BCUT2D eigenvalue weighted by atomic mass is 10.00. The molecule has 8 nitrogen and oxygen atoms in total. The number of fused-ring (bicyclic) bond motifs is 1. The lowest BCUT2D eigenvalue weighted by molar-refractivity contribution is -0.129. The second-order valence-electron chi connectivity index (χ2n) is 7.95. The van der Waals surface area contributed by atoms with Gasteiger partial charge in [-0.05, 0) is 36.8 Å². The van der Waals surface area contributed by atoms with Gasteiger partial charge in [-0.1, -0.05) is 64.2 Å². The number of nitrogens with one attached hydrogen (secondary N) is 1. The number of hydrogen-bond donors (Lipinski definition) is 1. The summed E-state index contributed by atoms with van der Waals surface area (Å²) in [4.78, 5) is 25.2. The van der Waals surface area contributed by atoms with Crippen molar-refractivity contribution in [3.05, 3.63) is 69.6 Å². The minimum absolute atomic E-state index is 0.0140. The summed E-state index contributed by atoms with van der Waals surface area (Å²) in [5.74, 6) is -0.462. The molecule has 2 aromatic carbocycles. The van der Waals surface area contributed by atoms with Gasteiger partial charge in [-0.25, -0.2) is 4.39 Å². The molecular weight excluding hydrogens is 536 g/mol. The molecule has 0 fully saturated rings. The van der Waals surface area contributed by atoms with Gasteiger partial charge < -0.3 is 19.2 Å². The number of ether oxygens (including phenoxy) is 2. The zero-order valence-electron chi connectivity index (χ0n) is 22.0. The van der Waals surface area contributed by atoms with Crippen molar-refractivity contribution in [1.29, 1.82) is 0 Å². The molecule has 2 atom stereocenters. The van der Waals surface area contributed by atoms with Crippen LogP contribution in [0.2, 0.25) is 10.0 Å². The lowest BCUT2D eigenvalue weighted by Crippen LogP contribution is -2.43. The minimum Gasteiger partial charge on any atom is -0.484 e. The summed E-state index contributed by atoms with van der Waals surface area (Å²) in [5.41, 5.74) is 0.348. The third-order valence-corrected chi connectivity index (χ3v) is 5.47. The van der Waals surface area contributed by atoms with Gasteiger partial charge in [-0.3, -0.25) is 9.59 Å². The highest BCUT2D eigenvalue weighted by molar-refractivity contribution is 6.31. The average molecular weight is 568 g/mol. The van der Waals surface area contributed by atoms with E-state index in [0.29, 0.717) is 22.8 Å². The molecule has 1 aliphatic rings. The Morgan fingerprint density at radius 1 is 1.16 bits per heavy atom. The summed E-state index contributed by atoms with van der Waals surface area (Å²) >= 11 is 11.6. The van der Waals surface area contributed by atoms with E-state index in [-0.39, 0.29) is 41.4 Å². The Hall–Kier alpha value is -3.17. The predicted molar refractivity (Wildman–Crippen MR) is 143 cm³/mol. The molecule has 2 unspecified atom stereocenters. The third kappa shape index (κ3) is 8.43. The highest BCUT2D eigenvalue weighted by atomic mass is 35.5. The number of ketones is 1. The number of carbonyl (C=O) groups is 2. The monoisotopic (exact) mass is 567 g/mol. The van der Waals surface area contributed by atoms with E-state index >= 15 is 0 Å². The molecule has 11 heteroatoms. The SMILES string of the molecule is CC.CCC.CCC(NC(=O)C1CC(=O)c2cc(Cl)ccc2O1)c1nnc(COc2ccc(Cl)c(F)c2)o1. The van der Waals surface area contributed by atoms with Crippen molar-refractivity contribution in [2.24, 2.45) is 0 Å². The van der Waals surface area contributed by atoms with Gasteiger partial charge >= 0.3 is 0 Å². The van der Waals surface area contributed by atoms with E-state index in [9.17, 15) is 14.0 Å². The number of hydrogen-bond acceptors (Lipinski definition) is 7. The first-order valence-corrected chi connectivity index (χ1v) is 13.2. The summed E-state index contributed by atoms with van der Waals surface area (Å²) in [6.45, 7) is 9.98. The molecule has 1 amide bonds. The number of nitrogens with zero attached hydrogens (tertiary/aromatic N) is 2. The number of Topliss-reactive ketones (excluding diaryl/α,β-unsaturated/α-hetero) is 1. The zero-order valence-corrected chi connectivity index (χ0v) is 23.5. The largest absolute Gasteiger partial charge is 0.484 e. The smallest absolute Gasteiger partial charge is 0.262 e. The average Bonchev–Trinajstić information content (AvgIpc) is 3.38. The van der Waals surface area contributed by atoms with E-state index in [2.05, 4.69) is 29.4 Å². The van der Waals surface area contributed by atoms with Gasteiger partial charge in [-0.2, -0.15) is 0 Å². The second-order valence-corrected chi connectivity index (χ2v) is 8.79. The Kier molecular flexibility index (Phi) is 12.5. The van der Waals surface area contributed by atoms with Crippen LogP contribution >= 0.6 is 23.2 Å². The first-order chi connectivity index (χ1) is 18.2. The van der Waals surface area contributed by atoms with Crippen LogP contribution < -0.4 is 14.8 Å². The fraction of sp³-hybridized carbons (Fsp3) is 0.407. The number of rotatable bonds is 7. The van der Waals surface area contributed by atoms with Gasteiger partial charge in [0.1, 0.15) is 23.4 Å². The molecule has 38 heavy (non-hydrogen) atoms. The maximum atomic E-state index is 13.5. The zero-order chi connectivity index (χ0) is 28.2. The van der Waals surface area contributed by atoms with E-state index in [1.54, 1.807) is 12.1 Å². The topological polar surface area (TPSA) is 104 Å². The molecule has 2 heterocycles. The molecule has 4 rings (SSSR count). The normalized spacial score (nSPS) is 14.5. The maximum Gasteiger partial charge on any atom is 0.262 e. The van der Waals surface area contributed by atoms with Gasteiger partial charge in [0, 0.05) is 11.1 Å². The van der Waals surface area contributed by atoms with Crippen LogP contribution in [0, 0.1) is 5.82 Å². The van der Waals surface area contributed by atoms with E-state index in [1.807, 2.05) is 20.8 Å². The third-order valence-electron chi connectivity index (χ3n) is 4.93. The lowest BCUT2D eigenvalue weighted by Gasteiger charge is -2.25. The quantitative estimate of drug-likeness (QED) is 0.323. The Balaban J connectivity index is 0.000000947. The summed E-state index contributed by atoms with van der Waals surface area (Å²) in [6.07, 6.45) is 0.588. The molecule has 0 saturated carbocycles. The first kappa shape index (κ1) is 31.1. The highest BCUT2D eigenvalue weighted by Crippen LogP contribution is 2.30. The molecule has 0 saturated heterocycles. The summed E-state index contributed by atoms with van der Waals surface area (Å²) < 4.78 is 30.2. The van der Waals surface area contributed by atoms with Crippen LogP contribution in [-0.4, -0.2) is 28.0 Å². The molecule has 0 bridgehead atoms. The molecule has 0 spiro atoms. The number of amides is 1. The summed E-state index contributed by atoms with van der Waals surface area (Å²) in [5, 5.41) is 11.0. The first-order valence-electron chi connectivity index (χ1n) is 12.5. The highest BCUT2D eigenvalue weighted by Gasteiger charge is 2.33. The van der Waals surface area contributed by atoms with Crippen molar-refractivity contribution in [2.75, 3.05) is 0 Å². The molecule has 1 aromatic heterocycles. The van der Waals surface area contributed by atoms with Gasteiger partial charge in [0.2, 0.25) is 5.89 Å². The molecule has 0 radical (unpaired) electrons. The van der Waals surface area contributed by atoms with E-state index < -0.39 is 23.9 Å². The van der Waals surface area contributed by atoms with Crippen LogP contribution in [0.3, 0.4) is 0 Å². The predicted octanol–water partition coefficient (Wildman–Crippen LogP) is 7.14. The summed E-state index contributed by atoms with van der Waals surface area (Å²) in [6, 6.07) is 8.09. The number of halogens is 3. The van der Waals surface area contributed by atoms with Crippen LogP contribution in [0.5, 0.6) is 11.5 Å². The molecule has 0 aliphatic carbocycles. The minimum atomic E-state index is -0.995. The maximum absolute atomic E-state index is 13.5. The Morgan fingerprint density at radius 3 is 2.53 bits per heavy atom. The number of benzene rings is 2. The number of carbonyl (C=O) groups excluding carboxylic acids is 2. The van der Waals surface area contributed by atoms with Crippen molar-refractivity contribution in [3.8, 4) is 11.5 Å². The Labute approximate surface area is 231 Å². The van der Waals surface area contributed by atoms with E-state index in [1.165, 1.54) is 24.6 Å². The second kappa shape index (κ2) is 15.3. The van der Waals surface area contributed by atoms with Crippen LogP contribution in [0.15, 0.2) is 40.8 Å². The van der Waals surface area contributed by atoms with Gasteiger partial charge in [0.05, 0.1) is 17.0 Å². The molecule has 1 aliphatic heterocycles. The van der Waals surface area contributed by atoms with Crippen LogP contribution in [0.1, 0.15) is 82.1 Å². The standard InChI is InChI=1S/C22H18Cl2FN3O5.C3H8.C2H6/c1-2-16(22-28-27-20(33-22)10-31-12-4-5-14(24)15(25)8-12)26-21(30)19-9-17(29)13-7-11(23)3-6-18(13)32-19;1-3-2;1-2/h3-8,16,19H,2,9-10H2,1H3,(H,26,30);3H2,1-2H3;1-2H3. The van der Waals surface area contributed by atoms with Crippen molar-refractivity contribution >= 4 is 34.9 Å². The van der Waals surface area contributed by atoms with Gasteiger partial charge in [0.15, 0.2) is 18.5 Å². The van der Waals surface area contributed by atoms with Gasteiger partial charge in [0.25, 0.3) is 11.8 Å².